The zero-order valence-corrected chi connectivity index (χ0v) is 16.5. The van der Waals surface area contributed by atoms with Crippen LogP contribution in [-0.4, -0.2) is 10.9 Å². The van der Waals surface area contributed by atoms with Gasteiger partial charge in [0.15, 0.2) is 0 Å². The van der Waals surface area contributed by atoms with Crippen molar-refractivity contribution in [2.75, 3.05) is 4.90 Å². The van der Waals surface area contributed by atoms with Crippen LogP contribution in [-0.2, 0) is 6.54 Å². The van der Waals surface area contributed by atoms with Gasteiger partial charge in [-0.3, -0.25) is 9.59 Å². The van der Waals surface area contributed by atoms with Crippen LogP contribution in [0.1, 0.15) is 27.0 Å². The van der Waals surface area contributed by atoms with Crippen molar-refractivity contribution in [1.29, 1.82) is 0 Å². The summed E-state index contributed by atoms with van der Waals surface area (Å²) in [6, 6.07) is 24.7. The van der Waals surface area contributed by atoms with E-state index in [1.165, 1.54) is 0 Å². The lowest BCUT2D eigenvalue weighted by molar-refractivity contribution is 0.0985. The number of carbonyl (C=O) groups is 1. The highest BCUT2D eigenvalue weighted by Crippen LogP contribution is 2.22. The first-order valence-corrected chi connectivity index (χ1v) is 9.58. The van der Waals surface area contributed by atoms with E-state index in [9.17, 15) is 9.59 Å². The van der Waals surface area contributed by atoms with Crippen LogP contribution in [0.2, 0.25) is 0 Å². The topological polar surface area (TPSA) is 53.2 Å². The van der Waals surface area contributed by atoms with E-state index in [0.717, 1.165) is 27.7 Å². The van der Waals surface area contributed by atoms with Crippen LogP contribution >= 0.6 is 0 Å². The molecule has 0 saturated carbocycles. The van der Waals surface area contributed by atoms with Gasteiger partial charge in [0.25, 0.3) is 11.5 Å². The van der Waals surface area contributed by atoms with E-state index >= 15 is 0 Å². The van der Waals surface area contributed by atoms with E-state index in [1.807, 2.05) is 80.6 Å². The molecule has 1 heterocycles. The van der Waals surface area contributed by atoms with Gasteiger partial charge in [-0.25, -0.2) is 0 Å². The second-order valence-corrected chi connectivity index (χ2v) is 7.26. The summed E-state index contributed by atoms with van der Waals surface area (Å²) in [6.45, 7) is 4.16. The van der Waals surface area contributed by atoms with E-state index in [2.05, 4.69) is 4.98 Å². The van der Waals surface area contributed by atoms with Gasteiger partial charge in [-0.2, -0.15) is 0 Å². The normalized spacial score (nSPS) is 10.8. The predicted octanol–water partition coefficient (Wildman–Crippen LogP) is 4.99. The smallest absolute Gasteiger partial charge is 0.258 e. The Kier molecular flexibility index (Phi) is 5.00. The number of para-hydroxylation sites is 1. The number of carbonyl (C=O) groups excluding carboxylic acids is 1. The fourth-order valence-electron chi connectivity index (χ4n) is 3.46. The van der Waals surface area contributed by atoms with Crippen LogP contribution < -0.4 is 10.5 Å². The van der Waals surface area contributed by atoms with Gasteiger partial charge in [0.2, 0.25) is 0 Å². The Labute approximate surface area is 169 Å². The van der Waals surface area contributed by atoms with Crippen molar-refractivity contribution < 1.29 is 4.79 Å². The average molecular weight is 382 g/mol. The number of anilines is 1. The number of aryl methyl sites for hydroxylation is 2. The van der Waals surface area contributed by atoms with Crippen LogP contribution in [0.5, 0.6) is 0 Å². The van der Waals surface area contributed by atoms with Crippen LogP contribution in [0.25, 0.3) is 10.9 Å². The Morgan fingerprint density at radius 2 is 1.62 bits per heavy atom. The Balaban J connectivity index is 1.79. The average Bonchev–Trinajstić information content (AvgIpc) is 2.74. The molecule has 4 rings (SSSR count). The summed E-state index contributed by atoms with van der Waals surface area (Å²) < 4.78 is 0. The lowest BCUT2D eigenvalue weighted by atomic mass is 10.1. The molecule has 0 aliphatic carbocycles. The molecule has 0 unspecified atom stereocenters. The molecule has 0 fully saturated rings. The summed E-state index contributed by atoms with van der Waals surface area (Å²) in [5.41, 5.74) is 4.67. The van der Waals surface area contributed by atoms with Crippen molar-refractivity contribution in [2.24, 2.45) is 0 Å². The number of H-pyrrole nitrogens is 1. The zero-order chi connectivity index (χ0) is 20.4. The van der Waals surface area contributed by atoms with Crippen LogP contribution in [0.15, 0.2) is 83.7 Å². The quantitative estimate of drug-likeness (QED) is 0.540. The number of pyridine rings is 1. The SMILES string of the molecule is Cc1ccc(N(Cc2cc3cccc(C)c3[nH]c2=O)C(=O)c2ccccc2)cc1. The number of aromatic nitrogens is 1. The predicted molar refractivity (Wildman–Crippen MR) is 117 cm³/mol. The Bertz CT molecular complexity index is 1230. The minimum atomic E-state index is -0.176. The molecule has 144 valence electrons. The van der Waals surface area contributed by atoms with E-state index in [1.54, 1.807) is 17.0 Å². The van der Waals surface area contributed by atoms with E-state index in [4.69, 9.17) is 0 Å². The van der Waals surface area contributed by atoms with Gasteiger partial charge in [0.05, 0.1) is 12.1 Å². The van der Waals surface area contributed by atoms with Crippen LogP contribution in [0.3, 0.4) is 0 Å². The third-order valence-corrected chi connectivity index (χ3v) is 5.10. The number of nitrogens with one attached hydrogen (secondary N) is 1. The van der Waals surface area contributed by atoms with Crippen molar-refractivity contribution in [2.45, 2.75) is 20.4 Å². The van der Waals surface area contributed by atoms with Gasteiger partial charge < -0.3 is 9.88 Å². The second-order valence-electron chi connectivity index (χ2n) is 7.26. The van der Waals surface area contributed by atoms with Crippen molar-refractivity contribution in [3.05, 3.63) is 111 Å². The Hall–Kier alpha value is -3.66. The molecule has 1 amide bonds. The molecule has 0 spiro atoms. The molecular weight excluding hydrogens is 360 g/mol. The summed E-state index contributed by atoms with van der Waals surface area (Å²) >= 11 is 0. The largest absolute Gasteiger partial charge is 0.321 e. The van der Waals surface area contributed by atoms with E-state index in [0.29, 0.717) is 11.1 Å². The molecule has 0 aliphatic rings. The highest BCUT2D eigenvalue weighted by atomic mass is 16.2. The molecular formula is C25H22N2O2. The van der Waals surface area contributed by atoms with Gasteiger partial charge >= 0.3 is 0 Å². The molecule has 1 N–H and O–H groups in total. The zero-order valence-electron chi connectivity index (χ0n) is 16.5. The highest BCUT2D eigenvalue weighted by Gasteiger charge is 2.19. The van der Waals surface area contributed by atoms with Gasteiger partial charge in [-0.15, -0.1) is 0 Å². The summed E-state index contributed by atoms with van der Waals surface area (Å²) in [4.78, 5) is 30.7. The lowest BCUT2D eigenvalue weighted by Gasteiger charge is -2.23. The summed E-state index contributed by atoms with van der Waals surface area (Å²) in [6.07, 6.45) is 0. The molecule has 3 aromatic carbocycles. The monoisotopic (exact) mass is 382 g/mol. The maximum atomic E-state index is 13.3. The number of amides is 1. The summed E-state index contributed by atoms with van der Waals surface area (Å²) in [5, 5.41) is 0.954. The first-order chi connectivity index (χ1) is 14.0. The standard InChI is InChI=1S/C25H22N2O2/c1-17-11-13-22(14-12-17)27(25(29)19-8-4-3-5-9-19)16-21-15-20-10-6-7-18(2)23(20)26-24(21)28/h3-15H,16H2,1-2H3,(H,26,28). The van der Waals surface area contributed by atoms with Crippen molar-refractivity contribution >= 4 is 22.5 Å². The number of hydrogen-bond donors (Lipinski definition) is 1. The number of nitrogens with zero attached hydrogens (tertiary/aromatic N) is 1. The van der Waals surface area contributed by atoms with Crippen molar-refractivity contribution in [1.82, 2.24) is 4.98 Å². The molecule has 0 atom stereocenters. The van der Waals surface area contributed by atoms with Crippen LogP contribution in [0, 0.1) is 13.8 Å². The minimum Gasteiger partial charge on any atom is -0.321 e. The highest BCUT2D eigenvalue weighted by molar-refractivity contribution is 6.06. The number of hydrogen-bond acceptors (Lipinski definition) is 2. The van der Waals surface area contributed by atoms with Gasteiger partial charge in [-0.1, -0.05) is 54.1 Å². The fraction of sp³-hybridized carbons (Fsp3) is 0.120. The van der Waals surface area contributed by atoms with Crippen LogP contribution in [0.4, 0.5) is 5.69 Å². The number of fused-ring (bicyclic) bond motifs is 1. The molecule has 0 bridgehead atoms. The molecule has 4 nitrogen and oxygen atoms in total. The Morgan fingerprint density at radius 3 is 2.34 bits per heavy atom. The first-order valence-electron chi connectivity index (χ1n) is 9.58. The number of benzene rings is 3. The summed E-state index contributed by atoms with van der Waals surface area (Å²) in [5.74, 6) is -0.141. The lowest BCUT2D eigenvalue weighted by Crippen LogP contribution is -2.32. The number of rotatable bonds is 4. The van der Waals surface area contributed by atoms with Gasteiger partial charge in [-0.05, 0) is 55.1 Å². The third kappa shape index (κ3) is 3.83. The second kappa shape index (κ2) is 7.76. The van der Waals surface area contributed by atoms with Gasteiger partial charge in [0, 0.05) is 16.8 Å². The maximum Gasteiger partial charge on any atom is 0.258 e. The third-order valence-electron chi connectivity index (χ3n) is 5.10. The van der Waals surface area contributed by atoms with Crippen molar-refractivity contribution in [3.63, 3.8) is 0 Å². The van der Waals surface area contributed by atoms with E-state index in [-0.39, 0.29) is 18.0 Å². The molecule has 1 aromatic heterocycles. The summed E-state index contributed by atoms with van der Waals surface area (Å²) in [7, 11) is 0. The molecule has 0 saturated heterocycles. The fourth-order valence-corrected chi connectivity index (χ4v) is 3.46. The van der Waals surface area contributed by atoms with Crippen molar-refractivity contribution in [3.8, 4) is 0 Å². The van der Waals surface area contributed by atoms with Gasteiger partial charge in [0.1, 0.15) is 0 Å². The molecule has 0 radical (unpaired) electrons. The molecule has 4 heteroatoms. The molecule has 29 heavy (non-hydrogen) atoms. The minimum absolute atomic E-state index is 0.141. The van der Waals surface area contributed by atoms with E-state index < -0.39 is 0 Å². The first kappa shape index (κ1) is 18.7. The molecule has 0 aliphatic heterocycles. The molecule has 4 aromatic rings. The Morgan fingerprint density at radius 1 is 0.897 bits per heavy atom. The number of aromatic amines is 1. The maximum absolute atomic E-state index is 13.3.